The average molecular weight is 341 g/mol. The Bertz CT molecular complexity index is 769. The van der Waals surface area contributed by atoms with Crippen LogP contribution in [0.25, 0.3) is 5.52 Å². The lowest BCUT2D eigenvalue weighted by Crippen LogP contribution is -2.43. The van der Waals surface area contributed by atoms with Crippen LogP contribution >= 0.6 is 0 Å². The van der Waals surface area contributed by atoms with Gasteiger partial charge in [-0.25, -0.2) is 9.50 Å². The van der Waals surface area contributed by atoms with Crippen LogP contribution in [-0.2, 0) is 17.6 Å². The number of nitrogens with zero attached hydrogens (tertiary/aromatic N) is 4. The van der Waals surface area contributed by atoms with Crippen molar-refractivity contribution in [2.24, 2.45) is 5.92 Å². The molecule has 25 heavy (non-hydrogen) atoms. The van der Waals surface area contributed by atoms with Gasteiger partial charge in [-0.2, -0.15) is 5.10 Å². The van der Waals surface area contributed by atoms with Gasteiger partial charge in [-0.05, 0) is 44.9 Å². The molecule has 2 aromatic rings. The lowest BCUT2D eigenvalue weighted by atomic mass is 9.95. The molecule has 6 heteroatoms. The number of carbonyl (C=O) groups is 1. The molecule has 1 atom stereocenters. The van der Waals surface area contributed by atoms with Crippen LogP contribution < -0.4 is 10.2 Å². The fourth-order valence-electron chi connectivity index (χ4n) is 4.15. The molecule has 1 aliphatic heterocycles. The van der Waals surface area contributed by atoms with E-state index in [0.717, 1.165) is 63.1 Å². The summed E-state index contributed by atoms with van der Waals surface area (Å²) in [5.74, 6) is 1.25. The Labute approximate surface area is 148 Å². The van der Waals surface area contributed by atoms with Gasteiger partial charge >= 0.3 is 0 Å². The number of piperidine rings is 1. The van der Waals surface area contributed by atoms with Gasteiger partial charge in [0.25, 0.3) is 0 Å². The molecular formula is C19H27N5O. The molecule has 3 heterocycles. The molecule has 0 radical (unpaired) electrons. The lowest BCUT2D eigenvalue weighted by molar-refractivity contribution is -0.125. The first-order chi connectivity index (χ1) is 12.3. The monoisotopic (exact) mass is 341 g/mol. The minimum Gasteiger partial charge on any atom is -0.356 e. The third kappa shape index (κ3) is 3.10. The van der Waals surface area contributed by atoms with E-state index >= 15 is 0 Å². The van der Waals surface area contributed by atoms with Crippen LogP contribution in [0.1, 0.15) is 50.3 Å². The second-order valence-corrected chi connectivity index (χ2v) is 7.25. The molecule has 1 N–H and O–H groups in total. The third-order valence-corrected chi connectivity index (χ3v) is 5.44. The number of rotatable bonds is 4. The fraction of sp³-hybridized carbons (Fsp3) is 0.632. The molecule has 4 rings (SSSR count). The van der Waals surface area contributed by atoms with E-state index in [0.29, 0.717) is 0 Å². The second kappa shape index (κ2) is 7.02. The van der Waals surface area contributed by atoms with Gasteiger partial charge in [-0.3, -0.25) is 4.79 Å². The average Bonchev–Trinajstić information content (AvgIpc) is 3.05. The lowest BCUT2D eigenvalue weighted by Gasteiger charge is -2.33. The van der Waals surface area contributed by atoms with Gasteiger partial charge in [0, 0.05) is 37.6 Å². The summed E-state index contributed by atoms with van der Waals surface area (Å²) in [5.41, 5.74) is 3.76. The van der Waals surface area contributed by atoms with Crippen molar-refractivity contribution in [1.82, 2.24) is 19.9 Å². The maximum atomic E-state index is 12.4. The number of amides is 1. The van der Waals surface area contributed by atoms with Crippen molar-refractivity contribution in [2.75, 3.05) is 24.5 Å². The highest BCUT2D eigenvalue weighted by atomic mass is 16.1. The van der Waals surface area contributed by atoms with E-state index in [-0.39, 0.29) is 11.8 Å². The Morgan fingerprint density at radius 1 is 1.32 bits per heavy atom. The van der Waals surface area contributed by atoms with Gasteiger partial charge in [0.15, 0.2) is 5.82 Å². The molecule has 1 saturated heterocycles. The van der Waals surface area contributed by atoms with Crippen molar-refractivity contribution in [1.29, 1.82) is 0 Å². The first kappa shape index (κ1) is 16.4. The van der Waals surface area contributed by atoms with E-state index in [1.54, 1.807) is 0 Å². The smallest absolute Gasteiger partial charge is 0.224 e. The zero-order chi connectivity index (χ0) is 17.2. The molecule has 2 aliphatic rings. The third-order valence-electron chi connectivity index (χ3n) is 5.44. The minimum atomic E-state index is 0.0566. The normalized spacial score (nSPS) is 20.5. The highest BCUT2D eigenvalue weighted by Crippen LogP contribution is 2.32. The SMILES string of the molecule is CCCNC(=O)[C@H]1CCCN(c2nccn3nc4c(c23)CCCC4)C1. The molecule has 6 nitrogen and oxygen atoms in total. The van der Waals surface area contributed by atoms with Crippen LogP contribution in [0, 0.1) is 5.92 Å². The standard InChI is InChI=1S/C19H27N5O/c1-2-9-21-19(25)14-6-5-11-23(13-14)18-17-15-7-3-4-8-16(15)22-24(17)12-10-20-18/h10,12,14H,2-9,11,13H2,1H3,(H,21,25)/t14-/m0/s1. The maximum absolute atomic E-state index is 12.4. The molecule has 0 spiro atoms. The first-order valence-corrected chi connectivity index (χ1v) is 9.65. The first-order valence-electron chi connectivity index (χ1n) is 9.65. The van der Waals surface area contributed by atoms with Gasteiger partial charge in [0.1, 0.15) is 5.52 Å². The van der Waals surface area contributed by atoms with E-state index in [9.17, 15) is 4.79 Å². The van der Waals surface area contributed by atoms with Crippen molar-refractivity contribution in [3.8, 4) is 0 Å². The largest absolute Gasteiger partial charge is 0.356 e. The number of aryl methyl sites for hydroxylation is 2. The Hall–Kier alpha value is -2.11. The number of hydrogen-bond donors (Lipinski definition) is 1. The Morgan fingerprint density at radius 2 is 2.20 bits per heavy atom. The maximum Gasteiger partial charge on any atom is 0.224 e. The molecule has 134 valence electrons. The fourth-order valence-corrected chi connectivity index (χ4v) is 4.15. The molecule has 2 aromatic heterocycles. The number of anilines is 1. The van der Waals surface area contributed by atoms with E-state index in [2.05, 4.69) is 17.1 Å². The summed E-state index contributed by atoms with van der Waals surface area (Å²) in [6.45, 7) is 4.56. The number of fused-ring (bicyclic) bond motifs is 3. The molecule has 0 aromatic carbocycles. The van der Waals surface area contributed by atoms with Crippen LogP contribution in [0.2, 0.25) is 0 Å². The molecular weight excluding hydrogens is 314 g/mol. The predicted molar refractivity (Wildman–Crippen MR) is 97.9 cm³/mol. The Kier molecular flexibility index (Phi) is 4.59. The van der Waals surface area contributed by atoms with Crippen LogP contribution in [0.4, 0.5) is 5.82 Å². The minimum absolute atomic E-state index is 0.0566. The van der Waals surface area contributed by atoms with Crippen LogP contribution in [0.5, 0.6) is 0 Å². The van der Waals surface area contributed by atoms with Gasteiger partial charge in [-0.1, -0.05) is 6.92 Å². The summed E-state index contributed by atoms with van der Waals surface area (Å²) in [5, 5.41) is 7.83. The molecule has 0 bridgehead atoms. The summed E-state index contributed by atoms with van der Waals surface area (Å²) in [6.07, 6.45) is 11.4. The number of nitrogens with one attached hydrogen (secondary N) is 1. The van der Waals surface area contributed by atoms with Gasteiger partial charge in [-0.15, -0.1) is 0 Å². The van der Waals surface area contributed by atoms with Crippen molar-refractivity contribution in [3.05, 3.63) is 23.7 Å². The van der Waals surface area contributed by atoms with Crippen molar-refractivity contribution >= 4 is 17.2 Å². The Morgan fingerprint density at radius 3 is 3.08 bits per heavy atom. The molecule has 1 amide bonds. The predicted octanol–water partition coefficient (Wildman–Crippen LogP) is 2.35. The topological polar surface area (TPSA) is 62.5 Å². The van der Waals surface area contributed by atoms with Crippen molar-refractivity contribution in [3.63, 3.8) is 0 Å². The van der Waals surface area contributed by atoms with E-state index in [1.807, 2.05) is 16.9 Å². The number of carbonyl (C=O) groups excluding carboxylic acids is 1. The molecule has 1 aliphatic carbocycles. The molecule has 0 saturated carbocycles. The summed E-state index contributed by atoms with van der Waals surface area (Å²) in [7, 11) is 0. The zero-order valence-electron chi connectivity index (χ0n) is 15.0. The van der Waals surface area contributed by atoms with Gasteiger partial charge in [0.05, 0.1) is 11.6 Å². The highest BCUT2D eigenvalue weighted by molar-refractivity contribution is 5.80. The summed E-state index contributed by atoms with van der Waals surface area (Å²) >= 11 is 0. The molecule has 0 unspecified atom stereocenters. The van der Waals surface area contributed by atoms with Crippen molar-refractivity contribution < 1.29 is 4.79 Å². The van der Waals surface area contributed by atoms with Gasteiger partial charge < -0.3 is 10.2 Å². The van der Waals surface area contributed by atoms with E-state index < -0.39 is 0 Å². The highest BCUT2D eigenvalue weighted by Gasteiger charge is 2.29. The van der Waals surface area contributed by atoms with Crippen molar-refractivity contribution in [2.45, 2.75) is 51.9 Å². The summed E-state index contributed by atoms with van der Waals surface area (Å²) < 4.78 is 2.00. The summed E-state index contributed by atoms with van der Waals surface area (Å²) in [4.78, 5) is 19.4. The molecule has 1 fully saturated rings. The van der Waals surface area contributed by atoms with Crippen LogP contribution in [-0.4, -0.2) is 40.1 Å². The van der Waals surface area contributed by atoms with Crippen LogP contribution in [0.15, 0.2) is 12.4 Å². The number of aromatic nitrogens is 3. The van der Waals surface area contributed by atoms with E-state index in [4.69, 9.17) is 10.1 Å². The quantitative estimate of drug-likeness (QED) is 0.927. The van der Waals surface area contributed by atoms with E-state index in [1.165, 1.54) is 24.1 Å². The Balaban J connectivity index is 1.63. The van der Waals surface area contributed by atoms with Crippen LogP contribution in [0.3, 0.4) is 0 Å². The van der Waals surface area contributed by atoms with Gasteiger partial charge in [0.2, 0.25) is 5.91 Å². The second-order valence-electron chi connectivity index (χ2n) is 7.25. The number of hydrogen-bond acceptors (Lipinski definition) is 4. The zero-order valence-corrected chi connectivity index (χ0v) is 15.0. The summed E-state index contributed by atoms with van der Waals surface area (Å²) in [6, 6.07) is 0.